The molecule has 0 radical (unpaired) electrons. The zero-order chi connectivity index (χ0) is 12.5. The van der Waals surface area contributed by atoms with Crippen molar-refractivity contribution in [2.24, 2.45) is 0 Å². The van der Waals surface area contributed by atoms with Crippen LogP contribution in [0.25, 0.3) is 10.9 Å². The number of aromatic nitrogens is 1. The van der Waals surface area contributed by atoms with Gasteiger partial charge in [-0.05, 0) is 24.3 Å². The molecule has 1 fully saturated rings. The Morgan fingerprint density at radius 1 is 1.22 bits per heavy atom. The Morgan fingerprint density at radius 2 is 2.00 bits per heavy atom. The molecule has 0 spiro atoms. The predicted molar refractivity (Wildman–Crippen MR) is 76.2 cm³/mol. The highest BCUT2D eigenvalue weighted by atomic mass is 32.2. The first-order valence-electron chi connectivity index (χ1n) is 5.98. The van der Waals surface area contributed by atoms with Crippen molar-refractivity contribution >= 4 is 33.1 Å². The lowest BCUT2D eigenvalue weighted by Gasteiger charge is -2.29. The van der Waals surface area contributed by atoms with E-state index >= 15 is 0 Å². The molecular formula is C13H15N3OS. The van der Waals surface area contributed by atoms with Gasteiger partial charge in [-0.15, -0.1) is 0 Å². The number of benzene rings is 1. The van der Waals surface area contributed by atoms with Crippen molar-refractivity contribution in [1.29, 1.82) is 0 Å². The van der Waals surface area contributed by atoms with Crippen LogP contribution in [0, 0.1) is 0 Å². The molecule has 94 valence electrons. The van der Waals surface area contributed by atoms with Gasteiger partial charge in [0.25, 0.3) is 0 Å². The number of rotatable bonds is 1. The maximum absolute atomic E-state index is 11.4. The van der Waals surface area contributed by atoms with Crippen LogP contribution in [0.15, 0.2) is 30.5 Å². The fourth-order valence-corrected chi connectivity index (χ4v) is 3.36. The number of pyridine rings is 1. The van der Waals surface area contributed by atoms with Crippen molar-refractivity contribution in [2.75, 3.05) is 35.2 Å². The third kappa shape index (κ3) is 2.06. The second kappa shape index (κ2) is 4.57. The largest absolute Gasteiger partial charge is 0.399 e. The third-order valence-electron chi connectivity index (χ3n) is 3.26. The SMILES string of the molecule is Nc1ccc2c(N3CCS(=O)CC3)ccnc2c1. The molecule has 0 aliphatic carbocycles. The minimum absolute atomic E-state index is 0.649. The Morgan fingerprint density at radius 3 is 2.78 bits per heavy atom. The van der Waals surface area contributed by atoms with Crippen LogP contribution < -0.4 is 10.6 Å². The first-order chi connectivity index (χ1) is 8.74. The molecule has 2 aromatic rings. The van der Waals surface area contributed by atoms with E-state index in [0.29, 0.717) is 0 Å². The molecule has 5 heteroatoms. The van der Waals surface area contributed by atoms with Gasteiger partial charge in [-0.2, -0.15) is 0 Å². The summed E-state index contributed by atoms with van der Waals surface area (Å²) in [5.41, 5.74) is 8.58. The topological polar surface area (TPSA) is 59.2 Å². The molecule has 4 nitrogen and oxygen atoms in total. The van der Waals surface area contributed by atoms with Gasteiger partial charge in [-0.25, -0.2) is 0 Å². The summed E-state index contributed by atoms with van der Waals surface area (Å²) in [6.45, 7) is 1.69. The van der Waals surface area contributed by atoms with Crippen molar-refractivity contribution in [3.05, 3.63) is 30.5 Å². The number of hydrogen-bond donors (Lipinski definition) is 1. The Bertz CT molecular complexity index is 604. The number of anilines is 2. The molecule has 0 atom stereocenters. The van der Waals surface area contributed by atoms with Crippen molar-refractivity contribution < 1.29 is 4.21 Å². The quantitative estimate of drug-likeness (QED) is 0.788. The van der Waals surface area contributed by atoms with Gasteiger partial charge >= 0.3 is 0 Å². The summed E-state index contributed by atoms with van der Waals surface area (Å²) in [6.07, 6.45) is 1.81. The number of hydrogen-bond acceptors (Lipinski definition) is 4. The van der Waals surface area contributed by atoms with Crippen molar-refractivity contribution in [3.63, 3.8) is 0 Å². The smallest absolute Gasteiger partial charge is 0.0743 e. The van der Waals surface area contributed by atoms with Crippen LogP contribution in [-0.2, 0) is 10.8 Å². The van der Waals surface area contributed by atoms with Gasteiger partial charge in [-0.1, -0.05) is 0 Å². The van der Waals surface area contributed by atoms with Crippen molar-refractivity contribution in [2.45, 2.75) is 0 Å². The van der Waals surface area contributed by atoms with Gasteiger partial charge in [0.1, 0.15) is 0 Å². The molecular weight excluding hydrogens is 246 g/mol. The molecule has 2 heterocycles. The van der Waals surface area contributed by atoms with E-state index < -0.39 is 10.8 Å². The summed E-state index contributed by atoms with van der Waals surface area (Å²) in [5, 5.41) is 1.11. The van der Waals surface area contributed by atoms with Gasteiger partial charge in [0.05, 0.1) is 5.52 Å². The Balaban J connectivity index is 2.03. The minimum Gasteiger partial charge on any atom is -0.399 e. The lowest BCUT2D eigenvalue weighted by atomic mass is 10.1. The molecule has 0 amide bonds. The molecule has 18 heavy (non-hydrogen) atoms. The summed E-state index contributed by atoms with van der Waals surface area (Å²) in [5.74, 6) is 1.50. The fourth-order valence-electron chi connectivity index (χ4n) is 2.30. The van der Waals surface area contributed by atoms with Crippen LogP contribution in [0.2, 0.25) is 0 Å². The van der Waals surface area contributed by atoms with Crippen LogP contribution in [-0.4, -0.2) is 33.8 Å². The minimum atomic E-state index is -0.649. The molecule has 1 aliphatic heterocycles. The monoisotopic (exact) mass is 261 g/mol. The maximum atomic E-state index is 11.4. The normalized spacial score (nSPS) is 17.2. The average Bonchev–Trinajstić information content (AvgIpc) is 2.38. The third-order valence-corrected chi connectivity index (χ3v) is 4.54. The van der Waals surface area contributed by atoms with Gasteiger partial charge in [-0.3, -0.25) is 9.19 Å². The maximum Gasteiger partial charge on any atom is 0.0743 e. The van der Waals surface area contributed by atoms with Crippen molar-refractivity contribution in [3.8, 4) is 0 Å². The number of nitrogens with zero attached hydrogens (tertiary/aromatic N) is 2. The van der Waals surface area contributed by atoms with E-state index in [2.05, 4.69) is 9.88 Å². The second-order valence-electron chi connectivity index (χ2n) is 4.44. The van der Waals surface area contributed by atoms with Gasteiger partial charge in [0, 0.05) is 58.4 Å². The molecule has 0 saturated carbocycles. The summed E-state index contributed by atoms with van der Waals surface area (Å²) >= 11 is 0. The molecule has 2 N–H and O–H groups in total. The molecule has 1 saturated heterocycles. The van der Waals surface area contributed by atoms with Gasteiger partial charge in [0.2, 0.25) is 0 Å². The van der Waals surface area contributed by atoms with E-state index in [9.17, 15) is 4.21 Å². The molecule has 1 aromatic carbocycles. The first kappa shape index (κ1) is 11.5. The zero-order valence-corrected chi connectivity index (χ0v) is 10.8. The zero-order valence-electron chi connectivity index (χ0n) is 10.0. The van der Waals surface area contributed by atoms with Crippen LogP contribution in [0.5, 0.6) is 0 Å². The van der Waals surface area contributed by atoms with E-state index in [-0.39, 0.29) is 0 Å². The summed E-state index contributed by atoms with van der Waals surface area (Å²) in [7, 11) is -0.649. The highest BCUT2D eigenvalue weighted by molar-refractivity contribution is 7.85. The fraction of sp³-hybridized carbons (Fsp3) is 0.308. The molecule has 1 aliphatic rings. The summed E-state index contributed by atoms with van der Waals surface area (Å²) in [6, 6.07) is 7.82. The van der Waals surface area contributed by atoms with Gasteiger partial charge in [0.15, 0.2) is 0 Å². The lowest BCUT2D eigenvalue weighted by Crippen LogP contribution is -2.37. The highest BCUT2D eigenvalue weighted by Gasteiger charge is 2.17. The first-order valence-corrected chi connectivity index (χ1v) is 7.47. The van der Waals surface area contributed by atoms with E-state index in [1.165, 1.54) is 0 Å². The van der Waals surface area contributed by atoms with Crippen LogP contribution in [0.1, 0.15) is 0 Å². The molecule has 3 rings (SSSR count). The Hall–Kier alpha value is -1.62. The van der Waals surface area contributed by atoms with Crippen molar-refractivity contribution in [1.82, 2.24) is 4.98 Å². The average molecular weight is 261 g/mol. The summed E-state index contributed by atoms with van der Waals surface area (Å²) < 4.78 is 11.4. The molecule has 1 aromatic heterocycles. The number of fused-ring (bicyclic) bond motifs is 1. The summed E-state index contributed by atoms with van der Waals surface area (Å²) in [4.78, 5) is 6.63. The van der Waals surface area contributed by atoms with Crippen LogP contribution in [0.4, 0.5) is 11.4 Å². The van der Waals surface area contributed by atoms with E-state index in [4.69, 9.17) is 5.73 Å². The lowest BCUT2D eigenvalue weighted by molar-refractivity contribution is 0.673. The van der Waals surface area contributed by atoms with Gasteiger partial charge < -0.3 is 10.6 Å². The highest BCUT2D eigenvalue weighted by Crippen LogP contribution is 2.27. The second-order valence-corrected chi connectivity index (χ2v) is 6.14. The van der Waals surface area contributed by atoms with Crippen LogP contribution >= 0.6 is 0 Å². The Kier molecular flexibility index (Phi) is 2.91. The molecule has 0 unspecified atom stereocenters. The van der Waals surface area contributed by atoms with E-state index in [1.54, 1.807) is 0 Å². The van der Waals surface area contributed by atoms with E-state index in [0.717, 1.165) is 46.9 Å². The standard InChI is InChI=1S/C13H15N3OS/c14-10-1-2-11-12(9-10)15-4-3-13(11)16-5-7-18(17)8-6-16/h1-4,9H,5-8,14H2. The van der Waals surface area contributed by atoms with E-state index in [1.807, 2.05) is 30.5 Å². The number of nitrogens with two attached hydrogens (primary N) is 1. The predicted octanol–water partition coefficient (Wildman–Crippen LogP) is 1.39. The van der Waals surface area contributed by atoms with Crippen LogP contribution in [0.3, 0.4) is 0 Å². The molecule has 0 bridgehead atoms. The Labute approximate surface area is 108 Å². The number of nitrogen functional groups attached to an aromatic ring is 1.